The first-order valence-corrected chi connectivity index (χ1v) is 8.91. The van der Waals surface area contributed by atoms with Gasteiger partial charge in [0.2, 0.25) is 11.8 Å². The first kappa shape index (κ1) is 22.0. The van der Waals surface area contributed by atoms with Gasteiger partial charge in [0.1, 0.15) is 6.54 Å². The maximum atomic E-state index is 12.9. The van der Waals surface area contributed by atoms with Crippen LogP contribution in [0.2, 0.25) is 5.02 Å². The largest absolute Gasteiger partial charge is 0.417 e. The molecule has 0 fully saturated rings. The fraction of sp³-hybridized carbons (Fsp3) is 0.235. The summed E-state index contributed by atoms with van der Waals surface area (Å²) in [7, 11) is 1.34. The highest BCUT2D eigenvalue weighted by Crippen LogP contribution is 2.36. The Morgan fingerprint density at radius 1 is 1.25 bits per heavy atom. The molecule has 2 amide bonds. The molecule has 150 valence electrons. The molecule has 1 aromatic heterocycles. The average Bonchev–Trinajstić information content (AvgIpc) is 2.58. The highest BCUT2D eigenvalue weighted by molar-refractivity contribution is 9.10. The van der Waals surface area contributed by atoms with Gasteiger partial charge < -0.3 is 14.8 Å². The molecule has 0 bridgehead atoms. The van der Waals surface area contributed by atoms with Crippen LogP contribution in [0.4, 0.5) is 18.9 Å². The van der Waals surface area contributed by atoms with Gasteiger partial charge in [0.15, 0.2) is 0 Å². The fourth-order valence-electron chi connectivity index (χ4n) is 2.22. The Kier molecular flexibility index (Phi) is 6.89. The van der Waals surface area contributed by atoms with Gasteiger partial charge in [-0.2, -0.15) is 13.2 Å². The second-order valence-corrected chi connectivity index (χ2v) is 7.13. The minimum Gasteiger partial charge on any atom is -0.335 e. The third-order valence-corrected chi connectivity index (χ3v) is 4.41. The van der Waals surface area contributed by atoms with E-state index in [9.17, 15) is 27.6 Å². The number of hydrogen-bond donors (Lipinski definition) is 1. The van der Waals surface area contributed by atoms with Gasteiger partial charge in [0.25, 0.3) is 5.56 Å². The van der Waals surface area contributed by atoms with Crippen LogP contribution in [0.1, 0.15) is 5.56 Å². The molecule has 0 spiro atoms. The molecule has 0 aliphatic heterocycles. The van der Waals surface area contributed by atoms with E-state index in [1.165, 1.54) is 31.4 Å². The van der Waals surface area contributed by atoms with Crippen LogP contribution in [-0.2, 0) is 22.3 Å². The molecule has 11 heteroatoms. The monoisotopic (exact) mass is 479 g/mol. The molecule has 1 N–H and O–H groups in total. The molecular weight excluding hydrogens is 467 g/mol. The molecule has 0 saturated carbocycles. The van der Waals surface area contributed by atoms with Crippen molar-refractivity contribution >= 4 is 45.0 Å². The van der Waals surface area contributed by atoms with Gasteiger partial charge >= 0.3 is 6.18 Å². The summed E-state index contributed by atoms with van der Waals surface area (Å²) < 4.78 is 40.4. The SMILES string of the molecule is CN(CC(=O)Nc1ccc(Cl)c(C(F)(F)F)c1)C(=O)Cn1cc(Br)ccc1=O. The van der Waals surface area contributed by atoms with Crippen molar-refractivity contribution in [2.75, 3.05) is 18.9 Å². The van der Waals surface area contributed by atoms with Crippen LogP contribution in [0.25, 0.3) is 0 Å². The van der Waals surface area contributed by atoms with Crippen LogP contribution < -0.4 is 10.9 Å². The number of pyridine rings is 1. The lowest BCUT2D eigenvalue weighted by atomic mass is 10.2. The average molecular weight is 481 g/mol. The Bertz CT molecular complexity index is 963. The van der Waals surface area contributed by atoms with Gasteiger partial charge in [0.05, 0.1) is 17.1 Å². The maximum absolute atomic E-state index is 12.9. The quantitative estimate of drug-likeness (QED) is 0.713. The second kappa shape index (κ2) is 8.78. The molecular formula is C17H14BrClF3N3O3. The van der Waals surface area contributed by atoms with Crippen LogP contribution in [0, 0.1) is 0 Å². The number of halogens is 5. The van der Waals surface area contributed by atoms with E-state index < -0.39 is 40.7 Å². The molecule has 1 aromatic carbocycles. The summed E-state index contributed by atoms with van der Waals surface area (Å²) in [6, 6.07) is 5.76. The summed E-state index contributed by atoms with van der Waals surface area (Å²) in [5, 5.41) is 1.80. The highest BCUT2D eigenvalue weighted by Gasteiger charge is 2.33. The normalized spacial score (nSPS) is 11.2. The van der Waals surface area contributed by atoms with E-state index in [4.69, 9.17) is 11.6 Å². The summed E-state index contributed by atoms with van der Waals surface area (Å²) in [6.07, 6.45) is -3.23. The van der Waals surface area contributed by atoms with Gasteiger partial charge in [-0.3, -0.25) is 14.4 Å². The van der Waals surface area contributed by atoms with Crippen molar-refractivity contribution in [3.05, 3.63) is 61.9 Å². The molecule has 28 heavy (non-hydrogen) atoms. The number of aromatic nitrogens is 1. The third kappa shape index (κ3) is 5.83. The number of rotatable bonds is 5. The van der Waals surface area contributed by atoms with Crippen LogP contribution in [-0.4, -0.2) is 34.9 Å². The Morgan fingerprint density at radius 3 is 2.57 bits per heavy atom. The number of carbonyl (C=O) groups excluding carboxylic acids is 2. The smallest absolute Gasteiger partial charge is 0.335 e. The Morgan fingerprint density at radius 2 is 1.93 bits per heavy atom. The Hall–Kier alpha value is -2.33. The number of likely N-dealkylation sites (N-methyl/N-ethyl adjacent to an activating group) is 1. The number of anilines is 1. The molecule has 0 radical (unpaired) electrons. The van der Waals surface area contributed by atoms with Gasteiger partial charge in [-0.25, -0.2) is 0 Å². The summed E-state index contributed by atoms with van der Waals surface area (Å²) in [6.45, 7) is -0.702. The lowest BCUT2D eigenvalue weighted by Crippen LogP contribution is -2.38. The summed E-state index contributed by atoms with van der Waals surface area (Å²) >= 11 is 8.71. The van der Waals surface area contributed by atoms with Crippen molar-refractivity contribution in [3.8, 4) is 0 Å². The maximum Gasteiger partial charge on any atom is 0.417 e. The second-order valence-electron chi connectivity index (χ2n) is 5.80. The molecule has 0 saturated heterocycles. The minimum atomic E-state index is -4.66. The Labute approximate surface area is 171 Å². The number of nitrogens with zero attached hydrogens (tertiary/aromatic N) is 2. The van der Waals surface area contributed by atoms with Crippen molar-refractivity contribution < 1.29 is 22.8 Å². The molecule has 1 heterocycles. The number of carbonyl (C=O) groups is 2. The van der Waals surface area contributed by atoms with Crippen molar-refractivity contribution in [3.63, 3.8) is 0 Å². The summed E-state index contributed by atoms with van der Waals surface area (Å²) in [5.74, 6) is -1.23. The van der Waals surface area contributed by atoms with E-state index in [-0.39, 0.29) is 12.2 Å². The molecule has 6 nitrogen and oxygen atoms in total. The first-order valence-electron chi connectivity index (χ1n) is 7.74. The van der Waals surface area contributed by atoms with E-state index in [1.54, 1.807) is 0 Å². The molecule has 2 rings (SSSR count). The Balaban J connectivity index is 2.01. The topological polar surface area (TPSA) is 71.4 Å². The van der Waals surface area contributed by atoms with Crippen molar-refractivity contribution in [2.45, 2.75) is 12.7 Å². The minimum absolute atomic E-state index is 0.106. The van der Waals surface area contributed by atoms with Crippen molar-refractivity contribution in [1.29, 1.82) is 0 Å². The lowest BCUT2D eigenvalue weighted by molar-refractivity contribution is -0.137. The molecule has 0 unspecified atom stereocenters. The van der Waals surface area contributed by atoms with Crippen molar-refractivity contribution in [2.24, 2.45) is 0 Å². The number of hydrogen-bond acceptors (Lipinski definition) is 3. The third-order valence-electron chi connectivity index (χ3n) is 3.62. The van der Waals surface area contributed by atoms with E-state index in [1.807, 2.05) is 0 Å². The van der Waals surface area contributed by atoms with E-state index in [0.29, 0.717) is 10.5 Å². The van der Waals surface area contributed by atoms with E-state index >= 15 is 0 Å². The predicted octanol–water partition coefficient (Wildman–Crippen LogP) is 3.38. The number of amides is 2. The summed E-state index contributed by atoms with van der Waals surface area (Å²) in [5.41, 5.74) is -1.58. The van der Waals surface area contributed by atoms with E-state index in [0.717, 1.165) is 15.5 Å². The molecule has 0 aliphatic rings. The highest BCUT2D eigenvalue weighted by atomic mass is 79.9. The predicted molar refractivity (Wildman–Crippen MR) is 101 cm³/mol. The zero-order valence-electron chi connectivity index (χ0n) is 14.4. The van der Waals surface area contributed by atoms with Crippen LogP contribution in [0.15, 0.2) is 45.8 Å². The number of alkyl halides is 3. The molecule has 0 atom stereocenters. The standard InChI is InChI=1S/C17H14BrClF3N3O3/c1-24(16(28)9-25-7-10(18)2-5-15(25)27)8-14(26)23-11-3-4-13(19)12(6-11)17(20,21)22/h2-7H,8-9H2,1H3,(H,23,26). The zero-order chi connectivity index (χ0) is 21.1. The van der Waals surface area contributed by atoms with Gasteiger partial charge in [-0.1, -0.05) is 11.6 Å². The first-order chi connectivity index (χ1) is 13.0. The number of nitrogens with one attached hydrogen (secondary N) is 1. The molecule has 2 aromatic rings. The van der Waals surface area contributed by atoms with Gasteiger partial charge in [-0.05, 0) is 40.2 Å². The van der Waals surface area contributed by atoms with Crippen LogP contribution >= 0.6 is 27.5 Å². The summed E-state index contributed by atoms with van der Waals surface area (Å²) in [4.78, 5) is 37.0. The number of benzene rings is 1. The van der Waals surface area contributed by atoms with Gasteiger partial charge in [-0.15, -0.1) is 0 Å². The van der Waals surface area contributed by atoms with Crippen LogP contribution in [0.3, 0.4) is 0 Å². The lowest BCUT2D eigenvalue weighted by Gasteiger charge is -2.18. The van der Waals surface area contributed by atoms with Gasteiger partial charge in [0, 0.05) is 29.5 Å². The molecule has 0 aliphatic carbocycles. The zero-order valence-corrected chi connectivity index (χ0v) is 16.7. The van der Waals surface area contributed by atoms with E-state index in [2.05, 4.69) is 21.2 Å². The van der Waals surface area contributed by atoms with Crippen LogP contribution in [0.5, 0.6) is 0 Å². The van der Waals surface area contributed by atoms with Crippen molar-refractivity contribution in [1.82, 2.24) is 9.47 Å². The fourth-order valence-corrected chi connectivity index (χ4v) is 2.82.